The van der Waals surface area contributed by atoms with Gasteiger partial charge in [-0.2, -0.15) is 5.10 Å². The van der Waals surface area contributed by atoms with Crippen LogP contribution >= 0.6 is 0 Å². The predicted octanol–water partition coefficient (Wildman–Crippen LogP) is 1.72. The van der Waals surface area contributed by atoms with Crippen LogP contribution in [0.2, 0.25) is 0 Å². The van der Waals surface area contributed by atoms with Crippen LogP contribution in [0.4, 0.5) is 14.5 Å². The maximum absolute atomic E-state index is 12.0. The van der Waals surface area contributed by atoms with Crippen LogP contribution in [0.25, 0.3) is 0 Å². The van der Waals surface area contributed by atoms with Gasteiger partial charge in [-0.05, 0) is 19.8 Å². The fourth-order valence-corrected chi connectivity index (χ4v) is 1.43. The molecule has 0 saturated carbocycles. The number of nitrogens with one attached hydrogen (secondary N) is 1. The molecular weight excluding hydrogens is 216 g/mol. The minimum Gasteiger partial charge on any atom is -0.396 e. The van der Waals surface area contributed by atoms with Crippen LogP contribution in [-0.4, -0.2) is 34.0 Å². The van der Waals surface area contributed by atoms with Gasteiger partial charge in [0, 0.05) is 18.8 Å². The normalized spacial score (nSPS) is 13.1. The summed E-state index contributed by atoms with van der Waals surface area (Å²) in [6, 6.07) is 0.191. The quantitative estimate of drug-likeness (QED) is 0.754. The molecule has 0 aliphatic heterocycles. The Kier molecular flexibility index (Phi) is 5.18. The van der Waals surface area contributed by atoms with E-state index in [-0.39, 0.29) is 19.2 Å². The fourth-order valence-electron chi connectivity index (χ4n) is 1.43. The molecule has 92 valence electrons. The van der Waals surface area contributed by atoms with E-state index >= 15 is 0 Å². The Bertz CT molecular complexity index is 304. The molecule has 0 aromatic carbocycles. The van der Waals surface area contributed by atoms with Crippen LogP contribution in [-0.2, 0) is 6.54 Å². The number of hydrogen-bond acceptors (Lipinski definition) is 3. The van der Waals surface area contributed by atoms with Crippen molar-refractivity contribution in [3.05, 3.63) is 12.4 Å². The Labute approximate surface area is 93.3 Å². The first-order valence-corrected chi connectivity index (χ1v) is 5.30. The van der Waals surface area contributed by atoms with E-state index in [1.165, 1.54) is 10.9 Å². The number of aliphatic hydroxyl groups is 1. The van der Waals surface area contributed by atoms with Gasteiger partial charge < -0.3 is 10.4 Å². The van der Waals surface area contributed by atoms with E-state index in [1.54, 1.807) is 6.20 Å². The lowest BCUT2D eigenvalue weighted by Gasteiger charge is -2.12. The zero-order valence-corrected chi connectivity index (χ0v) is 9.24. The van der Waals surface area contributed by atoms with Crippen molar-refractivity contribution >= 4 is 5.69 Å². The van der Waals surface area contributed by atoms with Crippen molar-refractivity contribution in [2.75, 3.05) is 11.9 Å². The molecule has 0 fully saturated rings. The van der Waals surface area contributed by atoms with Crippen LogP contribution in [0.15, 0.2) is 12.4 Å². The molecule has 16 heavy (non-hydrogen) atoms. The third-order valence-electron chi connectivity index (χ3n) is 2.17. The van der Waals surface area contributed by atoms with E-state index in [1.807, 2.05) is 6.92 Å². The van der Waals surface area contributed by atoms with Crippen LogP contribution in [0, 0.1) is 0 Å². The van der Waals surface area contributed by atoms with Crippen molar-refractivity contribution in [3.63, 3.8) is 0 Å². The van der Waals surface area contributed by atoms with Crippen molar-refractivity contribution in [3.8, 4) is 0 Å². The molecule has 0 spiro atoms. The van der Waals surface area contributed by atoms with E-state index < -0.39 is 6.43 Å². The Morgan fingerprint density at radius 1 is 1.56 bits per heavy atom. The average Bonchev–Trinajstić information content (AvgIpc) is 2.61. The van der Waals surface area contributed by atoms with Crippen molar-refractivity contribution in [1.82, 2.24) is 9.78 Å². The summed E-state index contributed by atoms with van der Waals surface area (Å²) in [5, 5.41) is 15.6. The van der Waals surface area contributed by atoms with E-state index in [9.17, 15) is 8.78 Å². The van der Waals surface area contributed by atoms with Crippen LogP contribution < -0.4 is 5.32 Å². The first kappa shape index (κ1) is 12.9. The summed E-state index contributed by atoms with van der Waals surface area (Å²) in [6.45, 7) is 1.75. The molecule has 4 nitrogen and oxygen atoms in total. The minimum absolute atomic E-state index is 0.163. The molecule has 6 heteroatoms. The van der Waals surface area contributed by atoms with E-state index in [4.69, 9.17) is 5.11 Å². The highest BCUT2D eigenvalue weighted by molar-refractivity contribution is 5.38. The number of rotatable bonds is 7. The van der Waals surface area contributed by atoms with Crippen molar-refractivity contribution < 1.29 is 13.9 Å². The topological polar surface area (TPSA) is 50.1 Å². The SMILES string of the molecule is CC(CCCO)Nc1cnn(CC(F)F)c1. The Morgan fingerprint density at radius 2 is 2.31 bits per heavy atom. The molecule has 0 amide bonds. The molecule has 1 unspecified atom stereocenters. The van der Waals surface area contributed by atoms with E-state index in [2.05, 4.69) is 10.4 Å². The summed E-state index contributed by atoms with van der Waals surface area (Å²) < 4.78 is 25.3. The molecule has 1 aromatic heterocycles. The number of halogens is 2. The fraction of sp³-hybridized carbons (Fsp3) is 0.700. The predicted molar refractivity (Wildman–Crippen MR) is 57.6 cm³/mol. The summed E-state index contributed by atoms with van der Waals surface area (Å²) in [5.74, 6) is 0. The maximum Gasteiger partial charge on any atom is 0.257 e. The molecule has 2 N–H and O–H groups in total. The monoisotopic (exact) mass is 233 g/mol. The van der Waals surface area contributed by atoms with Crippen LogP contribution in [0.3, 0.4) is 0 Å². The molecule has 0 aliphatic rings. The van der Waals surface area contributed by atoms with Gasteiger partial charge in [0.15, 0.2) is 0 Å². The summed E-state index contributed by atoms with van der Waals surface area (Å²) >= 11 is 0. The second-order valence-electron chi connectivity index (χ2n) is 3.75. The summed E-state index contributed by atoms with van der Waals surface area (Å²) in [6.07, 6.45) is 2.24. The van der Waals surface area contributed by atoms with Gasteiger partial charge >= 0.3 is 0 Å². The number of anilines is 1. The van der Waals surface area contributed by atoms with Crippen LogP contribution in [0.5, 0.6) is 0 Å². The minimum atomic E-state index is -2.39. The lowest BCUT2D eigenvalue weighted by molar-refractivity contribution is 0.122. The van der Waals surface area contributed by atoms with Gasteiger partial charge in [0.2, 0.25) is 0 Å². The maximum atomic E-state index is 12.0. The van der Waals surface area contributed by atoms with Gasteiger partial charge in [-0.3, -0.25) is 4.68 Å². The molecule has 0 saturated heterocycles. The molecular formula is C10H17F2N3O. The lowest BCUT2D eigenvalue weighted by Crippen LogP contribution is -2.15. The Hall–Kier alpha value is -1.17. The number of aliphatic hydroxyl groups excluding tert-OH is 1. The van der Waals surface area contributed by atoms with Gasteiger partial charge in [-0.1, -0.05) is 0 Å². The van der Waals surface area contributed by atoms with Crippen molar-refractivity contribution in [1.29, 1.82) is 0 Å². The third-order valence-corrected chi connectivity index (χ3v) is 2.17. The van der Waals surface area contributed by atoms with Gasteiger partial charge in [0.25, 0.3) is 6.43 Å². The van der Waals surface area contributed by atoms with E-state index in [0.717, 1.165) is 18.5 Å². The summed E-state index contributed by atoms with van der Waals surface area (Å²) in [5.41, 5.74) is 0.728. The Balaban J connectivity index is 2.39. The average molecular weight is 233 g/mol. The van der Waals surface area contributed by atoms with E-state index in [0.29, 0.717) is 0 Å². The Morgan fingerprint density at radius 3 is 2.94 bits per heavy atom. The standard InChI is InChI=1S/C10H17F2N3O/c1-8(3-2-4-16)14-9-5-13-15(6-9)7-10(11)12/h5-6,8,10,14,16H,2-4,7H2,1H3. The largest absolute Gasteiger partial charge is 0.396 e. The highest BCUT2D eigenvalue weighted by atomic mass is 19.3. The van der Waals surface area contributed by atoms with Crippen molar-refractivity contribution in [2.24, 2.45) is 0 Å². The zero-order valence-electron chi connectivity index (χ0n) is 9.24. The number of nitrogens with zero attached hydrogens (tertiary/aromatic N) is 2. The zero-order chi connectivity index (χ0) is 12.0. The highest BCUT2D eigenvalue weighted by Crippen LogP contribution is 2.10. The van der Waals surface area contributed by atoms with Crippen molar-refractivity contribution in [2.45, 2.75) is 38.8 Å². The molecule has 0 aliphatic carbocycles. The van der Waals surface area contributed by atoms with Crippen LogP contribution in [0.1, 0.15) is 19.8 Å². The second kappa shape index (κ2) is 6.42. The lowest BCUT2D eigenvalue weighted by atomic mass is 10.2. The first-order valence-electron chi connectivity index (χ1n) is 5.30. The number of hydrogen-bond donors (Lipinski definition) is 2. The van der Waals surface area contributed by atoms with Gasteiger partial charge in [0.05, 0.1) is 11.9 Å². The van der Waals surface area contributed by atoms with Gasteiger partial charge in [-0.15, -0.1) is 0 Å². The number of aromatic nitrogens is 2. The first-order chi connectivity index (χ1) is 7.61. The van der Waals surface area contributed by atoms with Gasteiger partial charge in [-0.25, -0.2) is 8.78 Å². The highest BCUT2D eigenvalue weighted by Gasteiger charge is 2.07. The molecule has 1 heterocycles. The van der Waals surface area contributed by atoms with Gasteiger partial charge in [0.1, 0.15) is 6.54 Å². The second-order valence-corrected chi connectivity index (χ2v) is 3.75. The molecule has 0 bridgehead atoms. The molecule has 1 aromatic rings. The number of alkyl halides is 2. The smallest absolute Gasteiger partial charge is 0.257 e. The molecule has 0 radical (unpaired) electrons. The molecule has 1 rings (SSSR count). The summed E-state index contributed by atoms with van der Waals surface area (Å²) in [7, 11) is 0. The molecule has 1 atom stereocenters. The summed E-state index contributed by atoms with van der Waals surface area (Å²) in [4.78, 5) is 0. The third kappa shape index (κ3) is 4.57.